The monoisotopic (exact) mass is 371 g/mol. The number of carbonyl (C=O) groups is 3. The summed E-state index contributed by atoms with van der Waals surface area (Å²) in [5.41, 5.74) is 1.63. The predicted octanol–water partition coefficient (Wildman–Crippen LogP) is 2.38. The number of esters is 1. The van der Waals surface area contributed by atoms with Gasteiger partial charge in [0.05, 0.1) is 25.3 Å². The van der Waals surface area contributed by atoms with Crippen LogP contribution in [0.25, 0.3) is 0 Å². The van der Waals surface area contributed by atoms with E-state index in [0.29, 0.717) is 22.6 Å². The van der Waals surface area contributed by atoms with Crippen LogP contribution in [0.3, 0.4) is 0 Å². The van der Waals surface area contributed by atoms with E-state index < -0.39 is 5.97 Å². The largest absolute Gasteiger partial charge is 0.497 e. The summed E-state index contributed by atoms with van der Waals surface area (Å²) in [5.74, 6) is -0.109. The Morgan fingerprint density at radius 3 is 2.30 bits per heavy atom. The minimum atomic E-state index is -0.418. The molecule has 142 valence electrons. The second-order valence-electron chi connectivity index (χ2n) is 5.67. The maximum Gasteiger partial charge on any atom is 0.337 e. The topological polar surface area (TPSA) is 90.9 Å². The summed E-state index contributed by atoms with van der Waals surface area (Å²) in [6.07, 6.45) is 0. The molecule has 0 radical (unpaired) electrons. The molecule has 7 heteroatoms. The van der Waals surface area contributed by atoms with E-state index in [2.05, 4.69) is 10.1 Å². The smallest absolute Gasteiger partial charge is 0.337 e. The second kappa shape index (κ2) is 9.38. The predicted molar refractivity (Wildman–Crippen MR) is 98.1 cm³/mol. The van der Waals surface area contributed by atoms with Crippen molar-refractivity contribution in [2.24, 2.45) is 0 Å². The van der Waals surface area contributed by atoms with Gasteiger partial charge in [0.2, 0.25) is 0 Å². The van der Waals surface area contributed by atoms with Crippen LogP contribution < -0.4 is 14.8 Å². The molecule has 0 fully saturated rings. The first kappa shape index (κ1) is 20.0. The molecule has 2 rings (SSSR count). The minimum absolute atomic E-state index is 0.168. The fourth-order valence-electron chi connectivity index (χ4n) is 2.31. The Bertz CT molecular complexity index is 829. The minimum Gasteiger partial charge on any atom is -0.497 e. The molecule has 0 aliphatic heterocycles. The first-order valence-electron chi connectivity index (χ1n) is 8.20. The third-order valence-corrected chi connectivity index (χ3v) is 3.79. The van der Waals surface area contributed by atoms with Crippen LogP contribution in [0.1, 0.15) is 33.2 Å². The van der Waals surface area contributed by atoms with Crippen molar-refractivity contribution in [3.63, 3.8) is 0 Å². The van der Waals surface area contributed by atoms with Crippen molar-refractivity contribution < 1.29 is 28.6 Å². The molecule has 0 bridgehead atoms. The van der Waals surface area contributed by atoms with Gasteiger partial charge < -0.3 is 19.5 Å². The standard InChI is InChI=1S/C20H21NO6/c1-13(22)17-9-8-16(25-2)10-18(17)27-12-19(23)21-11-14-4-6-15(7-5-14)20(24)26-3/h4-10H,11-12H2,1-3H3,(H,21,23). The molecular weight excluding hydrogens is 350 g/mol. The molecule has 0 unspecified atom stereocenters. The molecule has 0 saturated carbocycles. The van der Waals surface area contributed by atoms with E-state index in [1.54, 1.807) is 42.5 Å². The fraction of sp³-hybridized carbons (Fsp3) is 0.250. The summed E-state index contributed by atoms with van der Waals surface area (Å²) in [5, 5.41) is 2.71. The summed E-state index contributed by atoms with van der Waals surface area (Å²) < 4.78 is 15.2. The van der Waals surface area contributed by atoms with Gasteiger partial charge in [0, 0.05) is 12.6 Å². The first-order valence-corrected chi connectivity index (χ1v) is 8.20. The van der Waals surface area contributed by atoms with Gasteiger partial charge in [-0.25, -0.2) is 4.79 Å². The first-order chi connectivity index (χ1) is 12.9. The molecular formula is C20H21NO6. The maximum atomic E-state index is 12.0. The molecule has 7 nitrogen and oxygen atoms in total. The van der Waals surface area contributed by atoms with E-state index >= 15 is 0 Å². The Labute approximate surface area is 157 Å². The zero-order chi connectivity index (χ0) is 19.8. The highest BCUT2D eigenvalue weighted by Gasteiger charge is 2.12. The lowest BCUT2D eigenvalue weighted by Crippen LogP contribution is -2.28. The van der Waals surface area contributed by atoms with E-state index in [1.807, 2.05) is 0 Å². The number of amides is 1. The number of nitrogens with one attached hydrogen (secondary N) is 1. The second-order valence-corrected chi connectivity index (χ2v) is 5.67. The number of methoxy groups -OCH3 is 2. The Morgan fingerprint density at radius 1 is 1.00 bits per heavy atom. The highest BCUT2D eigenvalue weighted by atomic mass is 16.5. The SMILES string of the molecule is COC(=O)c1ccc(CNC(=O)COc2cc(OC)ccc2C(C)=O)cc1. The van der Waals surface area contributed by atoms with Crippen LogP contribution >= 0.6 is 0 Å². The van der Waals surface area contributed by atoms with Crippen molar-refractivity contribution in [1.29, 1.82) is 0 Å². The molecule has 0 aromatic heterocycles. The molecule has 1 N–H and O–H groups in total. The normalized spacial score (nSPS) is 10.0. The summed E-state index contributed by atoms with van der Waals surface area (Å²) in [6, 6.07) is 11.5. The summed E-state index contributed by atoms with van der Waals surface area (Å²) in [6.45, 7) is 1.46. The number of rotatable bonds is 8. The average molecular weight is 371 g/mol. The molecule has 0 aliphatic rings. The van der Waals surface area contributed by atoms with Gasteiger partial charge in [0.25, 0.3) is 5.91 Å². The van der Waals surface area contributed by atoms with Gasteiger partial charge in [-0.3, -0.25) is 9.59 Å². The number of hydrogen-bond acceptors (Lipinski definition) is 6. The van der Waals surface area contributed by atoms with Gasteiger partial charge in [-0.05, 0) is 36.8 Å². The number of carbonyl (C=O) groups excluding carboxylic acids is 3. The average Bonchev–Trinajstić information content (AvgIpc) is 2.70. The quantitative estimate of drug-likeness (QED) is 0.566. The molecule has 2 aromatic carbocycles. The third-order valence-electron chi connectivity index (χ3n) is 3.79. The van der Waals surface area contributed by atoms with E-state index in [0.717, 1.165) is 5.56 Å². The molecule has 0 spiro atoms. The molecule has 2 aromatic rings. The Morgan fingerprint density at radius 2 is 1.70 bits per heavy atom. The van der Waals surface area contributed by atoms with Gasteiger partial charge in [-0.1, -0.05) is 12.1 Å². The number of hydrogen-bond donors (Lipinski definition) is 1. The zero-order valence-electron chi connectivity index (χ0n) is 15.4. The molecule has 0 saturated heterocycles. The van der Waals surface area contributed by atoms with Crippen molar-refractivity contribution in [3.8, 4) is 11.5 Å². The van der Waals surface area contributed by atoms with Crippen molar-refractivity contribution in [3.05, 3.63) is 59.2 Å². The van der Waals surface area contributed by atoms with Gasteiger partial charge in [0.15, 0.2) is 12.4 Å². The molecule has 27 heavy (non-hydrogen) atoms. The van der Waals surface area contributed by atoms with Crippen molar-refractivity contribution >= 4 is 17.7 Å². The van der Waals surface area contributed by atoms with Crippen LogP contribution in [-0.2, 0) is 16.1 Å². The summed E-state index contributed by atoms with van der Waals surface area (Å²) in [4.78, 5) is 35.1. The number of benzene rings is 2. The van der Waals surface area contributed by atoms with Crippen LogP contribution in [0.2, 0.25) is 0 Å². The van der Waals surface area contributed by atoms with Gasteiger partial charge >= 0.3 is 5.97 Å². The third kappa shape index (κ3) is 5.57. The lowest BCUT2D eigenvalue weighted by molar-refractivity contribution is -0.123. The van der Waals surface area contributed by atoms with Crippen LogP contribution in [0.4, 0.5) is 0 Å². The molecule has 0 atom stereocenters. The Kier molecular flexibility index (Phi) is 6.93. The zero-order valence-corrected chi connectivity index (χ0v) is 15.4. The summed E-state index contributed by atoms with van der Waals surface area (Å²) in [7, 11) is 2.82. The van der Waals surface area contributed by atoms with Gasteiger partial charge in [-0.15, -0.1) is 0 Å². The van der Waals surface area contributed by atoms with Crippen molar-refractivity contribution in [1.82, 2.24) is 5.32 Å². The van der Waals surface area contributed by atoms with E-state index in [9.17, 15) is 14.4 Å². The van der Waals surface area contributed by atoms with Crippen LogP contribution in [0, 0.1) is 0 Å². The molecule has 0 aliphatic carbocycles. The van der Waals surface area contributed by atoms with Gasteiger partial charge in [-0.2, -0.15) is 0 Å². The van der Waals surface area contributed by atoms with Crippen molar-refractivity contribution in [2.45, 2.75) is 13.5 Å². The van der Waals surface area contributed by atoms with Gasteiger partial charge in [0.1, 0.15) is 11.5 Å². The van der Waals surface area contributed by atoms with E-state index in [1.165, 1.54) is 21.1 Å². The highest BCUT2D eigenvalue weighted by Crippen LogP contribution is 2.25. The maximum absolute atomic E-state index is 12.0. The Balaban J connectivity index is 1.91. The van der Waals surface area contributed by atoms with E-state index in [4.69, 9.17) is 9.47 Å². The lowest BCUT2D eigenvalue weighted by atomic mass is 10.1. The van der Waals surface area contributed by atoms with Crippen LogP contribution in [0.15, 0.2) is 42.5 Å². The molecule has 0 heterocycles. The number of ether oxygens (including phenoxy) is 3. The summed E-state index contributed by atoms with van der Waals surface area (Å²) >= 11 is 0. The fourth-order valence-corrected chi connectivity index (χ4v) is 2.31. The van der Waals surface area contributed by atoms with Crippen LogP contribution in [0.5, 0.6) is 11.5 Å². The number of Topliss-reactive ketones (excluding diaryl/α,β-unsaturated/α-hetero) is 1. The van der Waals surface area contributed by atoms with E-state index in [-0.39, 0.29) is 24.8 Å². The number of ketones is 1. The van der Waals surface area contributed by atoms with Crippen LogP contribution in [-0.4, -0.2) is 38.5 Å². The lowest BCUT2D eigenvalue weighted by Gasteiger charge is -2.12. The Hall–Kier alpha value is -3.35. The highest BCUT2D eigenvalue weighted by molar-refractivity contribution is 5.97. The van der Waals surface area contributed by atoms with Crippen molar-refractivity contribution in [2.75, 3.05) is 20.8 Å². The molecule has 1 amide bonds.